The molecule has 158 valence electrons. The van der Waals surface area contributed by atoms with Crippen LogP contribution in [0, 0.1) is 0 Å². The van der Waals surface area contributed by atoms with Crippen LogP contribution in [0.4, 0.5) is 0 Å². The number of nitrogens with one attached hydrogen (secondary N) is 1. The van der Waals surface area contributed by atoms with Gasteiger partial charge in [-0.2, -0.15) is 0 Å². The summed E-state index contributed by atoms with van der Waals surface area (Å²) in [5.41, 5.74) is 4.20. The molecule has 4 aromatic rings. The molecule has 0 bridgehead atoms. The van der Waals surface area contributed by atoms with E-state index in [-0.39, 0.29) is 5.91 Å². The van der Waals surface area contributed by atoms with Crippen LogP contribution >= 0.6 is 0 Å². The van der Waals surface area contributed by atoms with Gasteiger partial charge in [0.15, 0.2) is 0 Å². The van der Waals surface area contributed by atoms with Crippen molar-refractivity contribution in [3.63, 3.8) is 0 Å². The number of aromatic nitrogens is 3. The molecule has 0 fully saturated rings. The molecule has 0 spiro atoms. The summed E-state index contributed by atoms with van der Waals surface area (Å²) < 4.78 is 12.5. The summed E-state index contributed by atoms with van der Waals surface area (Å²) in [6.07, 6.45) is 0. The Morgan fingerprint density at radius 1 is 0.968 bits per heavy atom. The number of hydrogen-bond donors (Lipinski definition) is 1. The van der Waals surface area contributed by atoms with Crippen molar-refractivity contribution in [1.29, 1.82) is 0 Å². The van der Waals surface area contributed by atoms with Gasteiger partial charge in [-0.05, 0) is 60.5 Å². The van der Waals surface area contributed by atoms with Gasteiger partial charge in [0.1, 0.15) is 17.0 Å². The average Bonchev–Trinajstić information content (AvgIpc) is 3.21. The molecule has 7 heteroatoms. The van der Waals surface area contributed by atoms with Gasteiger partial charge in [0.2, 0.25) is 0 Å². The van der Waals surface area contributed by atoms with Gasteiger partial charge in [0, 0.05) is 12.1 Å². The van der Waals surface area contributed by atoms with Crippen LogP contribution in [0.25, 0.3) is 11.0 Å². The minimum atomic E-state index is -0.152. The molecule has 3 aromatic carbocycles. The number of methoxy groups -OCH3 is 1. The van der Waals surface area contributed by atoms with E-state index >= 15 is 0 Å². The molecule has 0 aliphatic carbocycles. The number of ether oxygens (including phenoxy) is 2. The van der Waals surface area contributed by atoms with Crippen LogP contribution in [0.5, 0.6) is 11.5 Å². The second-order valence-electron chi connectivity index (χ2n) is 7.06. The lowest BCUT2D eigenvalue weighted by molar-refractivity contribution is 0.0951. The van der Waals surface area contributed by atoms with Crippen molar-refractivity contribution >= 4 is 16.9 Å². The number of amides is 1. The number of carbonyl (C=O) groups is 1. The second-order valence-corrected chi connectivity index (χ2v) is 7.06. The molecule has 4 rings (SSSR count). The van der Waals surface area contributed by atoms with Gasteiger partial charge < -0.3 is 14.8 Å². The monoisotopic (exact) mass is 416 g/mol. The normalized spacial score (nSPS) is 10.8. The van der Waals surface area contributed by atoms with Crippen LogP contribution in [-0.2, 0) is 13.1 Å². The summed E-state index contributed by atoms with van der Waals surface area (Å²) in [5.74, 6) is 1.48. The zero-order chi connectivity index (χ0) is 21.6. The van der Waals surface area contributed by atoms with Gasteiger partial charge in [-0.3, -0.25) is 4.79 Å². The molecule has 0 unspecified atom stereocenters. The standard InChI is InChI=1S/C24H24N4O3/c1-3-31-21-11-4-17(5-12-21)15-25-24(29)19-8-13-23-22(14-19)26-27-28(23)16-18-6-9-20(30-2)10-7-18/h4-14H,3,15-16H2,1-2H3,(H,25,29). The molecule has 0 atom stereocenters. The van der Waals surface area contributed by atoms with Crippen molar-refractivity contribution in [3.8, 4) is 11.5 Å². The minimum Gasteiger partial charge on any atom is -0.497 e. The number of hydrogen-bond acceptors (Lipinski definition) is 5. The molecule has 0 aliphatic rings. The lowest BCUT2D eigenvalue weighted by Gasteiger charge is -2.08. The number of benzene rings is 3. The fourth-order valence-corrected chi connectivity index (χ4v) is 3.29. The summed E-state index contributed by atoms with van der Waals surface area (Å²) in [7, 11) is 1.64. The first-order chi connectivity index (χ1) is 15.2. The van der Waals surface area contributed by atoms with E-state index in [0.29, 0.717) is 30.8 Å². The molecular formula is C24H24N4O3. The van der Waals surface area contributed by atoms with E-state index in [1.54, 1.807) is 19.2 Å². The topological polar surface area (TPSA) is 78.3 Å². The van der Waals surface area contributed by atoms with Gasteiger partial charge >= 0.3 is 0 Å². The molecule has 1 heterocycles. The first-order valence-corrected chi connectivity index (χ1v) is 10.1. The van der Waals surface area contributed by atoms with E-state index in [1.807, 2.05) is 66.2 Å². The molecule has 0 radical (unpaired) electrons. The number of rotatable bonds is 8. The van der Waals surface area contributed by atoms with Crippen molar-refractivity contribution in [1.82, 2.24) is 20.3 Å². The highest BCUT2D eigenvalue weighted by atomic mass is 16.5. The first-order valence-electron chi connectivity index (χ1n) is 10.1. The predicted molar refractivity (Wildman–Crippen MR) is 118 cm³/mol. The van der Waals surface area contributed by atoms with Crippen molar-refractivity contribution < 1.29 is 14.3 Å². The maximum atomic E-state index is 12.6. The average molecular weight is 416 g/mol. The second kappa shape index (κ2) is 9.30. The SMILES string of the molecule is CCOc1ccc(CNC(=O)c2ccc3c(c2)nnn3Cc2ccc(OC)cc2)cc1. The van der Waals surface area contributed by atoms with Gasteiger partial charge in [0.25, 0.3) is 5.91 Å². The van der Waals surface area contributed by atoms with E-state index in [0.717, 1.165) is 28.1 Å². The highest BCUT2D eigenvalue weighted by Crippen LogP contribution is 2.17. The number of fused-ring (bicyclic) bond motifs is 1. The number of nitrogens with zero attached hydrogens (tertiary/aromatic N) is 3. The zero-order valence-corrected chi connectivity index (χ0v) is 17.5. The zero-order valence-electron chi connectivity index (χ0n) is 17.5. The molecule has 0 aliphatic heterocycles. The van der Waals surface area contributed by atoms with Crippen LogP contribution in [0.1, 0.15) is 28.4 Å². The highest BCUT2D eigenvalue weighted by molar-refractivity contribution is 5.97. The van der Waals surface area contributed by atoms with Gasteiger partial charge in [-0.25, -0.2) is 4.68 Å². The first kappa shape index (κ1) is 20.4. The molecule has 1 aromatic heterocycles. The van der Waals surface area contributed by atoms with Crippen LogP contribution in [0.15, 0.2) is 66.7 Å². The van der Waals surface area contributed by atoms with Crippen LogP contribution < -0.4 is 14.8 Å². The third kappa shape index (κ3) is 4.83. The molecule has 0 saturated carbocycles. The van der Waals surface area contributed by atoms with Crippen molar-refractivity contribution in [3.05, 3.63) is 83.4 Å². The van der Waals surface area contributed by atoms with E-state index in [9.17, 15) is 4.79 Å². The summed E-state index contributed by atoms with van der Waals surface area (Å²) >= 11 is 0. The largest absolute Gasteiger partial charge is 0.497 e. The Bertz CT molecular complexity index is 1170. The quantitative estimate of drug-likeness (QED) is 0.472. The Morgan fingerprint density at radius 2 is 1.68 bits per heavy atom. The van der Waals surface area contributed by atoms with Crippen molar-refractivity contribution in [2.24, 2.45) is 0 Å². The molecule has 0 saturated heterocycles. The Kier molecular flexibility index (Phi) is 6.12. The Balaban J connectivity index is 1.42. The van der Waals surface area contributed by atoms with Gasteiger partial charge in [0.05, 0.1) is 25.8 Å². The van der Waals surface area contributed by atoms with Crippen molar-refractivity contribution in [2.45, 2.75) is 20.0 Å². The maximum absolute atomic E-state index is 12.6. The van der Waals surface area contributed by atoms with Gasteiger partial charge in [-0.15, -0.1) is 5.10 Å². The number of carbonyl (C=O) groups excluding carboxylic acids is 1. The van der Waals surface area contributed by atoms with Crippen LogP contribution in [0.3, 0.4) is 0 Å². The van der Waals surface area contributed by atoms with Gasteiger partial charge in [-0.1, -0.05) is 29.5 Å². The molecule has 31 heavy (non-hydrogen) atoms. The summed E-state index contributed by atoms with van der Waals surface area (Å²) in [5, 5.41) is 11.4. The fraction of sp³-hybridized carbons (Fsp3) is 0.208. The third-order valence-corrected chi connectivity index (χ3v) is 4.95. The minimum absolute atomic E-state index is 0.152. The summed E-state index contributed by atoms with van der Waals surface area (Å²) in [6, 6.07) is 21.0. The Hall–Kier alpha value is -3.87. The smallest absolute Gasteiger partial charge is 0.251 e. The molecular weight excluding hydrogens is 392 g/mol. The van der Waals surface area contributed by atoms with Crippen LogP contribution in [0.2, 0.25) is 0 Å². The van der Waals surface area contributed by atoms with E-state index in [4.69, 9.17) is 9.47 Å². The highest BCUT2D eigenvalue weighted by Gasteiger charge is 2.11. The van der Waals surface area contributed by atoms with E-state index in [1.165, 1.54) is 0 Å². The predicted octanol–water partition coefficient (Wildman–Crippen LogP) is 3.82. The summed E-state index contributed by atoms with van der Waals surface area (Å²) in [4.78, 5) is 12.6. The third-order valence-electron chi connectivity index (χ3n) is 4.95. The van der Waals surface area contributed by atoms with E-state index in [2.05, 4.69) is 15.6 Å². The molecule has 1 amide bonds. The fourth-order valence-electron chi connectivity index (χ4n) is 3.29. The molecule has 1 N–H and O–H groups in total. The maximum Gasteiger partial charge on any atom is 0.251 e. The van der Waals surface area contributed by atoms with Crippen molar-refractivity contribution in [2.75, 3.05) is 13.7 Å². The lowest BCUT2D eigenvalue weighted by Crippen LogP contribution is -2.22. The molecule has 7 nitrogen and oxygen atoms in total. The van der Waals surface area contributed by atoms with E-state index < -0.39 is 0 Å². The Morgan fingerprint density at radius 3 is 2.39 bits per heavy atom. The summed E-state index contributed by atoms with van der Waals surface area (Å²) in [6.45, 7) is 3.60. The lowest BCUT2D eigenvalue weighted by atomic mass is 10.1. The van der Waals surface area contributed by atoms with Crippen LogP contribution in [-0.4, -0.2) is 34.6 Å². The Labute approximate surface area is 180 Å².